The lowest BCUT2D eigenvalue weighted by atomic mass is 9.98. The Labute approximate surface area is 166 Å². The zero-order valence-electron chi connectivity index (χ0n) is 18.5. The average molecular weight is 436 g/mol. The van der Waals surface area contributed by atoms with Gasteiger partial charge in [-0.2, -0.15) is 0 Å². The summed E-state index contributed by atoms with van der Waals surface area (Å²) in [6, 6.07) is -0.615. The lowest BCUT2D eigenvalue weighted by molar-refractivity contribution is -0.250. The quantitative estimate of drug-likeness (QED) is 0.232. The second-order valence-electron chi connectivity index (χ2n) is 9.79. The molecule has 27 heavy (non-hydrogen) atoms. The highest BCUT2D eigenvalue weighted by Gasteiger charge is 2.50. The van der Waals surface area contributed by atoms with Crippen molar-refractivity contribution in [3.8, 4) is 0 Å². The summed E-state index contributed by atoms with van der Waals surface area (Å²) >= 11 is 0. The first-order valence-corrected chi connectivity index (χ1v) is 19.6. The second kappa shape index (κ2) is 9.51. The highest BCUT2D eigenvalue weighted by Crippen LogP contribution is 2.33. The van der Waals surface area contributed by atoms with Crippen molar-refractivity contribution in [1.29, 1.82) is 0 Å². The molecule has 158 valence electrons. The molecule has 1 rings (SSSR count). The van der Waals surface area contributed by atoms with Gasteiger partial charge in [-0.15, -0.1) is 0 Å². The van der Waals surface area contributed by atoms with Crippen LogP contribution in [0.1, 0.15) is 0 Å². The zero-order chi connectivity index (χ0) is 21.0. The monoisotopic (exact) mass is 435 g/mol. The zero-order valence-corrected chi connectivity index (χ0v) is 21.5. The molecule has 1 fully saturated rings. The van der Waals surface area contributed by atoms with Crippen LogP contribution in [0.4, 0.5) is 0 Å². The van der Waals surface area contributed by atoms with E-state index in [0.29, 0.717) is 6.61 Å². The summed E-state index contributed by atoms with van der Waals surface area (Å²) in [6.45, 7) is 19.5. The summed E-state index contributed by atoms with van der Waals surface area (Å²) in [5.41, 5.74) is 9.09. The van der Waals surface area contributed by atoms with E-state index in [9.17, 15) is 0 Å². The Balaban J connectivity index is 3.29. The molecule has 1 saturated heterocycles. The van der Waals surface area contributed by atoms with Gasteiger partial charge in [0.05, 0.1) is 18.8 Å². The summed E-state index contributed by atoms with van der Waals surface area (Å²) in [5, 5.41) is 3.96. The van der Waals surface area contributed by atoms with Crippen LogP contribution in [0.2, 0.25) is 58.9 Å². The fraction of sp³-hybridized carbons (Fsp3) is 1.00. The lowest BCUT2D eigenvalue weighted by Gasteiger charge is -2.48. The molecular weight excluding hydrogens is 398 g/mol. The van der Waals surface area contributed by atoms with Crippen LogP contribution < -0.4 is 0 Å². The van der Waals surface area contributed by atoms with Gasteiger partial charge in [-0.1, -0.05) is 5.11 Å². The van der Waals surface area contributed by atoms with Gasteiger partial charge in [0.15, 0.2) is 31.2 Å². The third-order valence-electron chi connectivity index (χ3n) is 3.69. The van der Waals surface area contributed by atoms with Crippen molar-refractivity contribution in [1.82, 2.24) is 0 Å². The summed E-state index contributed by atoms with van der Waals surface area (Å²) < 4.78 is 30.7. The third-order valence-corrected chi connectivity index (χ3v) is 6.68. The Morgan fingerprint density at radius 1 is 0.889 bits per heavy atom. The van der Waals surface area contributed by atoms with Crippen molar-refractivity contribution in [2.75, 3.05) is 13.7 Å². The first-order valence-electron chi connectivity index (χ1n) is 9.39. The van der Waals surface area contributed by atoms with Gasteiger partial charge in [-0.05, 0) is 64.5 Å². The van der Waals surface area contributed by atoms with Crippen LogP contribution in [0.25, 0.3) is 10.4 Å². The molecule has 0 radical (unpaired) electrons. The van der Waals surface area contributed by atoms with E-state index < -0.39 is 43.4 Å². The molecule has 0 aromatic rings. The fourth-order valence-corrected chi connectivity index (χ4v) is 5.68. The topological polar surface area (TPSA) is 94.9 Å². The van der Waals surface area contributed by atoms with E-state index in [4.69, 9.17) is 28.3 Å². The summed E-state index contributed by atoms with van der Waals surface area (Å²) in [5.74, 6) is 0. The van der Waals surface area contributed by atoms with Gasteiger partial charge in [-0.3, -0.25) is 0 Å². The summed E-state index contributed by atoms with van der Waals surface area (Å²) in [4.78, 5) is 3.01. The van der Waals surface area contributed by atoms with Crippen molar-refractivity contribution >= 4 is 25.0 Å². The van der Waals surface area contributed by atoms with Gasteiger partial charge in [0.1, 0.15) is 12.1 Å². The Bertz CT molecular complexity index is 527. The van der Waals surface area contributed by atoms with Crippen molar-refractivity contribution < 1.29 is 22.8 Å². The molecular formula is C16H37N3O5Si3. The van der Waals surface area contributed by atoms with E-state index >= 15 is 0 Å². The molecule has 0 aromatic carbocycles. The number of rotatable bonds is 9. The van der Waals surface area contributed by atoms with Crippen LogP contribution in [0.15, 0.2) is 5.11 Å². The van der Waals surface area contributed by atoms with E-state index in [2.05, 4.69) is 68.9 Å². The SMILES string of the molecule is CO[C@@H]1O[C@H](CO[Si](C)(C)C)[C@H](O[Si](C)(C)C)[C@H](O[Si](C)(C)C)[C@H]1N=[N+]=[N-]. The number of methoxy groups -OCH3 is 1. The first kappa shape index (κ1) is 24.8. The van der Waals surface area contributed by atoms with E-state index in [1.807, 2.05) is 0 Å². The minimum Gasteiger partial charge on any atom is -0.415 e. The minimum atomic E-state index is -1.96. The molecule has 0 aliphatic carbocycles. The molecule has 0 aromatic heterocycles. The molecule has 1 aliphatic rings. The van der Waals surface area contributed by atoms with Crippen molar-refractivity contribution in [2.45, 2.75) is 89.6 Å². The molecule has 0 bridgehead atoms. The van der Waals surface area contributed by atoms with Crippen molar-refractivity contribution in [3.05, 3.63) is 10.4 Å². The van der Waals surface area contributed by atoms with Gasteiger partial charge in [0.2, 0.25) is 0 Å². The second-order valence-corrected chi connectivity index (χ2v) is 23.2. The van der Waals surface area contributed by atoms with Crippen LogP contribution in [0, 0.1) is 0 Å². The largest absolute Gasteiger partial charge is 0.415 e. The summed E-state index contributed by atoms with van der Waals surface area (Å²) in [7, 11) is -4.08. The number of nitrogens with zero attached hydrogens (tertiary/aromatic N) is 3. The van der Waals surface area contributed by atoms with Crippen LogP contribution in [0.5, 0.6) is 0 Å². The van der Waals surface area contributed by atoms with Crippen molar-refractivity contribution in [2.24, 2.45) is 5.11 Å². The molecule has 0 N–H and O–H groups in total. The Kier molecular flexibility index (Phi) is 8.73. The molecule has 11 heteroatoms. The predicted octanol–water partition coefficient (Wildman–Crippen LogP) is 4.33. The number of hydrogen-bond donors (Lipinski definition) is 0. The van der Waals surface area contributed by atoms with Crippen LogP contribution in [0.3, 0.4) is 0 Å². The molecule has 1 heterocycles. The third kappa shape index (κ3) is 8.75. The van der Waals surface area contributed by atoms with Gasteiger partial charge in [-0.25, -0.2) is 0 Å². The molecule has 0 saturated carbocycles. The highest BCUT2D eigenvalue weighted by atomic mass is 28.4. The Hall–Kier alpha value is -0.239. The Morgan fingerprint density at radius 2 is 1.41 bits per heavy atom. The van der Waals surface area contributed by atoms with E-state index in [1.54, 1.807) is 7.11 Å². The number of hydrogen-bond acceptors (Lipinski definition) is 6. The van der Waals surface area contributed by atoms with Gasteiger partial charge in [0.25, 0.3) is 0 Å². The molecule has 5 atom stereocenters. The minimum absolute atomic E-state index is 0.347. The predicted molar refractivity (Wildman–Crippen MR) is 114 cm³/mol. The number of azide groups is 1. The maximum Gasteiger partial charge on any atom is 0.184 e. The van der Waals surface area contributed by atoms with Gasteiger partial charge >= 0.3 is 0 Å². The molecule has 8 nitrogen and oxygen atoms in total. The highest BCUT2D eigenvalue weighted by molar-refractivity contribution is 6.70. The van der Waals surface area contributed by atoms with E-state index in [1.165, 1.54) is 0 Å². The molecule has 0 amide bonds. The average Bonchev–Trinajstić information content (AvgIpc) is 2.46. The normalized spacial score (nSPS) is 30.1. The maximum absolute atomic E-state index is 9.09. The van der Waals surface area contributed by atoms with Crippen LogP contribution in [-0.4, -0.2) is 69.3 Å². The lowest BCUT2D eigenvalue weighted by Crippen LogP contribution is -2.64. The van der Waals surface area contributed by atoms with Crippen molar-refractivity contribution in [3.63, 3.8) is 0 Å². The molecule has 1 aliphatic heterocycles. The summed E-state index contributed by atoms with van der Waals surface area (Å²) in [6.07, 6.45) is -1.85. The Morgan fingerprint density at radius 3 is 1.81 bits per heavy atom. The van der Waals surface area contributed by atoms with Crippen LogP contribution in [-0.2, 0) is 22.8 Å². The van der Waals surface area contributed by atoms with Gasteiger partial charge < -0.3 is 22.8 Å². The number of ether oxygens (including phenoxy) is 2. The van der Waals surface area contributed by atoms with E-state index in [-0.39, 0.29) is 12.2 Å². The standard InChI is InChI=1S/C16H37N3O5Si3/c1-20-16-13(18-19-17)15(24-27(8,9)10)14(23-26(5,6)7)12(22-16)11-21-25(2,3)4/h12-16H,11H2,1-10H3/t12-,13-,14+,15-,16-/m1/s1. The fourth-order valence-electron chi connectivity index (χ4n) is 2.83. The smallest absolute Gasteiger partial charge is 0.184 e. The van der Waals surface area contributed by atoms with Gasteiger partial charge in [0, 0.05) is 12.0 Å². The van der Waals surface area contributed by atoms with Crippen LogP contribution >= 0.6 is 0 Å². The van der Waals surface area contributed by atoms with E-state index in [0.717, 1.165) is 0 Å². The first-order chi connectivity index (χ1) is 12.2. The maximum atomic E-state index is 9.09. The molecule has 0 unspecified atom stereocenters. The molecule has 0 spiro atoms.